The molecule has 0 radical (unpaired) electrons. The Bertz CT molecular complexity index is 641. The summed E-state index contributed by atoms with van der Waals surface area (Å²) in [4.78, 5) is 25.4. The van der Waals surface area contributed by atoms with Crippen molar-refractivity contribution >= 4 is 11.6 Å². The number of hydrogen-bond acceptors (Lipinski definition) is 3. The normalized spacial score (nSPS) is 10.2. The highest BCUT2D eigenvalue weighted by molar-refractivity contribution is 6.04. The fraction of sp³-hybridized carbons (Fsp3) is 0.143. The van der Waals surface area contributed by atoms with Gasteiger partial charge in [-0.15, -0.1) is 0 Å². The molecule has 2 aromatic rings. The summed E-state index contributed by atoms with van der Waals surface area (Å²) in [6, 6.07) is 8.48. The van der Waals surface area contributed by atoms with Crippen molar-refractivity contribution in [3.63, 3.8) is 0 Å². The summed E-state index contributed by atoms with van der Waals surface area (Å²) in [5, 5.41) is 2.80. The molecule has 0 aliphatic heterocycles. The number of pyridine rings is 1. The maximum absolute atomic E-state index is 12.0. The summed E-state index contributed by atoms with van der Waals surface area (Å²) >= 11 is 0. The van der Waals surface area contributed by atoms with E-state index in [-0.39, 0.29) is 11.5 Å². The first-order valence-electron chi connectivity index (χ1n) is 5.90. The van der Waals surface area contributed by atoms with Gasteiger partial charge in [-0.3, -0.25) is 9.59 Å². The first-order chi connectivity index (χ1) is 9.10. The van der Waals surface area contributed by atoms with Crippen LogP contribution in [0.25, 0.3) is 0 Å². The molecular weight excluding hydrogens is 242 g/mol. The number of carbonyl (C=O) groups is 1. The predicted molar refractivity (Wildman–Crippen MR) is 74.1 cm³/mol. The summed E-state index contributed by atoms with van der Waals surface area (Å²) in [7, 11) is 0. The molecule has 1 heterocycles. The van der Waals surface area contributed by atoms with Gasteiger partial charge in [0.2, 0.25) is 5.56 Å². The van der Waals surface area contributed by atoms with Crippen molar-refractivity contribution in [3.05, 3.63) is 63.6 Å². The summed E-state index contributed by atoms with van der Waals surface area (Å²) in [6.45, 7) is 2.32. The van der Waals surface area contributed by atoms with E-state index in [0.29, 0.717) is 12.1 Å². The Morgan fingerprint density at radius 2 is 2.11 bits per heavy atom. The Balaban J connectivity index is 2.23. The van der Waals surface area contributed by atoms with Gasteiger partial charge in [0.25, 0.3) is 5.91 Å². The molecule has 0 aliphatic rings. The number of H-pyrrole nitrogens is 1. The molecule has 0 spiro atoms. The Kier molecular flexibility index (Phi) is 3.77. The van der Waals surface area contributed by atoms with E-state index in [2.05, 4.69) is 10.3 Å². The molecule has 2 rings (SSSR count). The zero-order chi connectivity index (χ0) is 13.8. The largest absolute Gasteiger partial charge is 0.328 e. The number of benzene rings is 1. The number of rotatable bonds is 3. The second-order valence-electron chi connectivity index (χ2n) is 4.25. The molecule has 0 aliphatic carbocycles. The van der Waals surface area contributed by atoms with Gasteiger partial charge in [0.15, 0.2) is 0 Å². The third-order valence-electron chi connectivity index (χ3n) is 2.83. The van der Waals surface area contributed by atoms with Gasteiger partial charge in [-0.25, -0.2) is 0 Å². The predicted octanol–water partition coefficient (Wildman–Crippen LogP) is 1.39. The highest BCUT2D eigenvalue weighted by Crippen LogP contribution is 2.17. The van der Waals surface area contributed by atoms with E-state index in [9.17, 15) is 9.59 Å². The number of anilines is 1. The quantitative estimate of drug-likeness (QED) is 0.776. The number of hydrogen-bond donors (Lipinski definition) is 3. The SMILES string of the molecule is Cc1ccc(CN)cc1NC(=O)c1ccc(=O)[nH]c1. The number of nitrogens with two attached hydrogens (primary N) is 1. The van der Waals surface area contributed by atoms with Crippen molar-refractivity contribution in [2.24, 2.45) is 5.73 Å². The van der Waals surface area contributed by atoms with Crippen molar-refractivity contribution in [2.45, 2.75) is 13.5 Å². The summed E-state index contributed by atoms with van der Waals surface area (Å²) in [5.74, 6) is -0.270. The van der Waals surface area contributed by atoms with Gasteiger partial charge < -0.3 is 16.0 Å². The number of amides is 1. The van der Waals surface area contributed by atoms with Gasteiger partial charge in [0, 0.05) is 24.5 Å². The fourth-order valence-corrected chi connectivity index (χ4v) is 1.68. The van der Waals surface area contributed by atoms with Crippen LogP contribution < -0.4 is 16.6 Å². The molecule has 0 atom stereocenters. The molecule has 1 aromatic carbocycles. The molecule has 0 bridgehead atoms. The molecule has 0 saturated heterocycles. The van der Waals surface area contributed by atoms with Crippen molar-refractivity contribution in [1.82, 2.24) is 4.98 Å². The number of aromatic amines is 1. The van der Waals surface area contributed by atoms with Crippen LogP contribution in [0.1, 0.15) is 21.5 Å². The molecule has 0 unspecified atom stereocenters. The van der Waals surface area contributed by atoms with E-state index < -0.39 is 0 Å². The van der Waals surface area contributed by atoms with Gasteiger partial charge >= 0.3 is 0 Å². The fourth-order valence-electron chi connectivity index (χ4n) is 1.68. The Morgan fingerprint density at radius 1 is 1.32 bits per heavy atom. The first-order valence-corrected chi connectivity index (χ1v) is 5.90. The van der Waals surface area contributed by atoms with Crippen molar-refractivity contribution in [2.75, 3.05) is 5.32 Å². The second-order valence-corrected chi connectivity index (χ2v) is 4.25. The molecule has 0 saturated carbocycles. The lowest BCUT2D eigenvalue weighted by molar-refractivity contribution is 0.102. The molecule has 0 fully saturated rings. The molecule has 1 aromatic heterocycles. The van der Waals surface area contributed by atoms with Gasteiger partial charge in [0.1, 0.15) is 0 Å². The van der Waals surface area contributed by atoms with Crippen molar-refractivity contribution in [1.29, 1.82) is 0 Å². The van der Waals surface area contributed by atoms with Crippen molar-refractivity contribution < 1.29 is 4.79 Å². The number of aromatic nitrogens is 1. The number of nitrogens with one attached hydrogen (secondary N) is 2. The zero-order valence-corrected chi connectivity index (χ0v) is 10.6. The molecule has 4 N–H and O–H groups in total. The molecule has 19 heavy (non-hydrogen) atoms. The van der Waals surface area contributed by atoms with Crippen LogP contribution in [0.2, 0.25) is 0 Å². The van der Waals surface area contributed by atoms with Gasteiger partial charge in [0.05, 0.1) is 5.56 Å². The maximum Gasteiger partial charge on any atom is 0.257 e. The summed E-state index contributed by atoms with van der Waals surface area (Å²) in [6.07, 6.45) is 1.39. The minimum atomic E-state index is -0.270. The third kappa shape index (κ3) is 3.08. The van der Waals surface area contributed by atoms with Crippen LogP contribution in [0.15, 0.2) is 41.3 Å². The minimum absolute atomic E-state index is 0.238. The molecule has 1 amide bonds. The lowest BCUT2D eigenvalue weighted by Gasteiger charge is -2.10. The smallest absolute Gasteiger partial charge is 0.257 e. The first kappa shape index (κ1) is 13.0. The molecule has 5 heteroatoms. The van der Waals surface area contributed by atoms with E-state index in [4.69, 9.17) is 5.73 Å². The molecule has 5 nitrogen and oxygen atoms in total. The van der Waals surface area contributed by atoms with E-state index in [1.807, 2.05) is 25.1 Å². The van der Waals surface area contributed by atoms with Crippen LogP contribution in [0, 0.1) is 6.92 Å². The van der Waals surface area contributed by atoms with Gasteiger partial charge in [-0.2, -0.15) is 0 Å². The van der Waals surface area contributed by atoms with Crippen molar-refractivity contribution in [3.8, 4) is 0 Å². The average molecular weight is 257 g/mol. The highest BCUT2D eigenvalue weighted by Gasteiger charge is 2.08. The molecular formula is C14H15N3O2. The van der Waals surface area contributed by atoms with Gasteiger partial charge in [-0.1, -0.05) is 12.1 Å². The van der Waals surface area contributed by atoms with E-state index in [0.717, 1.165) is 16.8 Å². The summed E-state index contributed by atoms with van der Waals surface area (Å²) in [5.41, 5.74) is 8.36. The lowest BCUT2D eigenvalue weighted by atomic mass is 10.1. The topological polar surface area (TPSA) is 88.0 Å². The summed E-state index contributed by atoms with van der Waals surface area (Å²) < 4.78 is 0. The van der Waals surface area contributed by atoms with Crippen LogP contribution in [-0.4, -0.2) is 10.9 Å². The zero-order valence-electron chi connectivity index (χ0n) is 10.6. The number of aryl methyl sites for hydroxylation is 1. The third-order valence-corrected chi connectivity index (χ3v) is 2.83. The van der Waals surface area contributed by atoms with E-state index in [1.54, 1.807) is 0 Å². The Morgan fingerprint density at radius 3 is 2.74 bits per heavy atom. The average Bonchev–Trinajstić information content (AvgIpc) is 2.42. The maximum atomic E-state index is 12.0. The standard InChI is InChI=1S/C14H15N3O2/c1-9-2-3-10(7-15)6-12(9)17-14(19)11-4-5-13(18)16-8-11/h2-6,8H,7,15H2,1H3,(H,16,18)(H,17,19). The van der Waals surface area contributed by atoms with E-state index in [1.165, 1.54) is 18.3 Å². The second kappa shape index (κ2) is 5.49. The van der Waals surface area contributed by atoms with Crippen LogP contribution in [0.5, 0.6) is 0 Å². The minimum Gasteiger partial charge on any atom is -0.328 e. The highest BCUT2D eigenvalue weighted by atomic mass is 16.1. The van der Waals surface area contributed by atoms with Crippen LogP contribution in [0.4, 0.5) is 5.69 Å². The lowest BCUT2D eigenvalue weighted by Crippen LogP contribution is -2.15. The van der Waals surface area contributed by atoms with Gasteiger partial charge in [-0.05, 0) is 30.2 Å². The van der Waals surface area contributed by atoms with Crippen LogP contribution in [-0.2, 0) is 6.54 Å². The molecule has 98 valence electrons. The number of carbonyl (C=O) groups excluding carboxylic acids is 1. The Labute approximate surface area is 110 Å². The van der Waals surface area contributed by atoms with Crippen LogP contribution >= 0.6 is 0 Å². The monoisotopic (exact) mass is 257 g/mol. The Hall–Kier alpha value is -2.40. The van der Waals surface area contributed by atoms with Crippen LogP contribution in [0.3, 0.4) is 0 Å². The van der Waals surface area contributed by atoms with E-state index >= 15 is 0 Å².